The Bertz CT molecular complexity index is 1480. The van der Waals surface area contributed by atoms with Crippen LogP contribution in [-0.2, 0) is 21.4 Å². The van der Waals surface area contributed by atoms with E-state index in [0.717, 1.165) is 16.6 Å². The third-order valence-electron chi connectivity index (χ3n) is 6.22. The molecule has 36 heavy (non-hydrogen) atoms. The van der Waals surface area contributed by atoms with Crippen LogP contribution < -0.4 is 9.62 Å². The van der Waals surface area contributed by atoms with Crippen LogP contribution in [0, 0.1) is 0 Å². The molecule has 1 aliphatic heterocycles. The number of nitrogens with zero attached hydrogens (tertiary/aromatic N) is 4. The third-order valence-corrected chi connectivity index (χ3v) is 8.70. The van der Waals surface area contributed by atoms with Gasteiger partial charge in [-0.2, -0.15) is 0 Å². The van der Waals surface area contributed by atoms with E-state index in [1.165, 1.54) is 29.7 Å². The summed E-state index contributed by atoms with van der Waals surface area (Å²) in [4.78, 5) is 21.0. The molecule has 2 aromatic heterocycles. The zero-order valence-electron chi connectivity index (χ0n) is 19.1. The second kappa shape index (κ2) is 10.1. The maximum atomic E-state index is 13.2. The Morgan fingerprint density at radius 1 is 1.19 bits per heavy atom. The lowest BCUT2D eigenvalue weighted by atomic mass is 10.1. The predicted octanol–water partition coefficient (Wildman–Crippen LogP) is 3.51. The lowest BCUT2D eigenvalue weighted by Gasteiger charge is -2.42. The molecule has 190 valence electrons. The molecule has 9 nitrogen and oxygen atoms in total. The summed E-state index contributed by atoms with van der Waals surface area (Å²) in [5.74, 6) is -0.0965. The molecule has 0 aliphatic carbocycles. The number of aliphatic hydroxyl groups is 1. The zero-order chi connectivity index (χ0) is 25.3. The zero-order valence-corrected chi connectivity index (χ0v) is 21.5. The van der Waals surface area contributed by atoms with Gasteiger partial charge in [0.25, 0.3) is 10.0 Å². The van der Waals surface area contributed by atoms with E-state index in [1.807, 2.05) is 33.9 Å². The Balaban J connectivity index is 0.00000320. The Labute approximate surface area is 219 Å². The summed E-state index contributed by atoms with van der Waals surface area (Å²) in [7, 11) is -3.74. The molecule has 1 amide bonds. The van der Waals surface area contributed by atoms with E-state index in [-0.39, 0.29) is 25.4 Å². The van der Waals surface area contributed by atoms with Crippen molar-refractivity contribution >= 4 is 60.6 Å². The molecule has 5 rings (SSSR count). The van der Waals surface area contributed by atoms with E-state index >= 15 is 0 Å². The van der Waals surface area contributed by atoms with E-state index in [2.05, 4.69) is 9.71 Å². The van der Waals surface area contributed by atoms with Crippen LogP contribution >= 0.6 is 22.9 Å². The number of benzene rings is 2. The number of amides is 1. The molecule has 4 aromatic rings. The summed E-state index contributed by atoms with van der Waals surface area (Å²) in [6, 6.07) is 13.7. The third kappa shape index (κ3) is 4.92. The van der Waals surface area contributed by atoms with Gasteiger partial charge in [0.1, 0.15) is 6.54 Å². The Hall–Kier alpha value is -3.12. The highest BCUT2D eigenvalue weighted by molar-refractivity contribution is 7.93. The SMILES string of the molecule is O=C(Cn1ccc2cccc(Cl)c21)N1CCN(c2ccc(S(=O)(=O)Nc3nccs3)cc2)C[C@@H]1CO.[HH]. The van der Waals surface area contributed by atoms with Gasteiger partial charge in [0, 0.05) is 49.9 Å². The van der Waals surface area contributed by atoms with Gasteiger partial charge >= 0.3 is 0 Å². The minimum atomic E-state index is -3.74. The second-order valence-corrected chi connectivity index (χ2v) is 11.4. The van der Waals surface area contributed by atoms with Crippen molar-refractivity contribution in [2.45, 2.75) is 17.5 Å². The Morgan fingerprint density at radius 2 is 2.00 bits per heavy atom. The van der Waals surface area contributed by atoms with Crippen molar-refractivity contribution in [3.05, 3.63) is 71.3 Å². The smallest absolute Gasteiger partial charge is 0.263 e. The first-order valence-corrected chi connectivity index (χ1v) is 14.0. The molecule has 0 saturated carbocycles. The number of hydrogen-bond acceptors (Lipinski definition) is 7. The number of thiazole rings is 1. The number of aliphatic hydroxyl groups excluding tert-OH is 1. The van der Waals surface area contributed by atoms with Gasteiger partial charge in [0.05, 0.1) is 28.1 Å². The number of anilines is 2. The number of rotatable bonds is 7. The fourth-order valence-corrected chi connectivity index (χ4v) is 6.52. The van der Waals surface area contributed by atoms with E-state index in [9.17, 15) is 18.3 Å². The number of para-hydroxylation sites is 1. The lowest BCUT2D eigenvalue weighted by molar-refractivity contribution is -0.135. The van der Waals surface area contributed by atoms with Crippen LogP contribution in [0.15, 0.2) is 71.2 Å². The Morgan fingerprint density at radius 3 is 2.72 bits per heavy atom. The summed E-state index contributed by atoms with van der Waals surface area (Å²) in [6.45, 7) is 1.36. The number of fused-ring (bicyclic) bond motifs is 1. The Kier molecular flexibility index (Phi) is 6.89. The fourth-order valence-electron chi connectivity index (χ4n) is 4.44. The molecule has 2 aromatic carbocycles. The van der Waals surface area contributed by atoms with Crippen molar-refractivity contribution in [2.24, 2.45) is 0 Å². The second-order valence-electron chi connectivity index (χ2n) is 8.43. The maximum Gasteiger partial charge on any atom is 0.263 e. The highest BCUT2D eigenvalue weighted by Crippen LogP contribution is 2.26. The minimum Gasteiger partial charge on any atom is -0.394 e. The van der Waals surface area contributed by atoms with Crippen molar-refractivity contribution < 1.29 is 19.7 Å². The largest absolute Gasteiger partial charge is 0.394 e. The highest BCUT2D eigenvalue weighted by atomic mass is 35.5. The van der Waals surface area contributed by atoms with Crippen molar-refractivity contribution in [1.29, 1.82) is 0 Å². The van der Waals surface area contributed by atoms with Gasteiger partial charge in [0.15, 0.2) is 5.13 Å². The standard InChI is InChI=1S/C24H24ClN5O4S2.H2/c25-21-3-1-2-17-8-10-29(23(17)21)15-22(32)30-12-11-28(14-19(30)16-31)18-4-6-20(7-5-18)36(33,34)27-24-26-9-13-35-24;/h1-10,13,19,31H,11-12,14-16H2,(H,26,27);1H/t19-;/m1./s1. The summed E-state index contributed by atoms with van der Waals surface area (Å²) < 4.78 is 29.5. The fraction of sp³-hybridized carbons (Fsp3) is 0.250. The van der Waals surface area contributed by atoms with Crippen LogP contribution in [0.5, 0.6) is 0 Å². The number of hydrogen-bond donors (Lipinski definition) is 2. The van der Waals surface area contributed by atoms with Gasteiger partial charge in [-0.05, 0) is 36.4 Å². The van der Waals surface area contributed by atoms with Crippen LogP contribution in [0.4, 0.5) is 10.8 Å². The molecule has 3 heterocycles. The van der Waals surface area contributed by atoms with E-state index in [1.54, 1.807) is 28.5 Å². The van der Waals surface area contributed by atoms with E-state index in [4.69, 9.17) is 11.6 Å². The molecule has 1 fully saturated rings. The number of carbonyl (C=O) groups excluding carboxylic acids is 1. The quantitative estimate of drug-likeness (QED) is 0.366. The lowest BCUT2D eigenvalue weighted by Crippen LogP contribution is -2.57. The summed E-state index contributed by atoms with van der Waals surface area (Å²) in [5, 5.41) is 13.6. The van der Waals surface area contributed by atoms with Crippen molar-refractivity contribution in [3.8, 4) is 0 Å². The molecule has 0 radical (unpaired) electrons. The van der Waals surface area contributed by atoms with Gasteiger partial charge in [-0.25, -0.2) is 13.4 Å². The molecule has 1 atom stereocenters. The average Bonchev–Trinajstić information content (AvgIpc) is 3.54. The molecular formula is C24H26ClN5O4S2. The highest BCUT2D eigenvalue weighted by Gasteiger charge is 2.30. The molecule has 0 spiro atoms. The molecular weight excluding hydrogens is 522 g/mol. The van der Waals surface area contributed by atoms with Crippen LogP contribution in [-0.4, -0.2) is 66.2 Å². The number of carbonyl (C=O) groups is 1. The first-order chi connectivity index (χ1) is 17.4. The number of sulfonamides is 1. The average molecular weight is 548 g/mol. The molecule has 0 bridgehead atoms. The molecule has 12 heteroatoms. The van der Waals surface area contributed by atoms with Crippen LogP contribution in [0.2, 0.25) is 5.02 Å². The van der Waals surface area contributed by atoms with Crippen molar-refractivity contribution in [3.63, 3.8) is 0 Å². The normalized spacial score (nSPS) is 16.4. The molecule has 1 saturated heterocycles. The molecule has 2 N–H and O–H groups in total. The van der Waals surface area contributed by atoms with Gasteiger partial charge in [-0.1, -0.05) is 23.7 Å². The van der Waals surface area contributed by atoms with Gasteiger partial charge in [-0.15, -0.1) is 11.3 Å². The monoisotopic (exact) mass is 547 g/mol. The van der Waals surface area contributed by atoms with Crippen LogP contribution in [0.1, 0.15) is 1.43 Å². The van der Waals surface area contributed by atoms with Gasteiger partial charge < -0.3 is 19.5 Å². The predicted molar refractivity (Wildman–Crippen MR) is 143 cm³/mol. The van der Waals surface area contributed by atoms with E-state index in [0.29, 0.717) is 29.8 Å². The van der Waals surface area contributed by atoms with Crippen LogP contribution in [0.25, 0.3) is 10.9 Å². The molecule has 1 aliphatic rings. The minimum absolute atomic E-state index is 0. The maximum absolute atomic E-state index is 13.2. The van der Waals surface area contributed by atoms with Crippen molar-refractivity contribution in [1.82, 2.24) is 14.5 Å². The van der Waals surface area contributed by atoms with Gasteiger partial charge in [0.2, 0.25) is 5.91 Å². The topological polar surface area (TPSA) is 108 Å². The first-order valence-electron chi connectivity index (χ1n) is 11.3. The van der Waals surface area contributed by atoms with Crippen LogP contribution in [0.3, 0.4) is 0 Å². The van der Waals surface area contributed by atoms with E-state index < -0.39 is 16.1 Å². The number of halogens is 1. The number of piperazine rings is 1. The summed E-state index contributed by atoms with van der Waals surface area (Å²) >= 11 is 7.56. The summed E-state index contributed by atoms with van der Waals surface area (Å²) in [6.07, 6.45) is 3.38. The number of aromatic nitrogens is 2. The van der Waals surface area contributed by atoms with Gasteiger partial charge in [-0.3, -0.25) is 9.52 Å². The van der Waals surface area contributed by atoms with Crippen molar-refractivity contribution in [2.75, 3.05) is 35.9 Å². The molecule has 0 unspecified atom stereocenters. The first kappa shape index (κ1) is 24.6. The summed E-state index contributed by atoms with van der Waals surface area (Å²) in [5.41, 5.74) is 1.63. The number of nitrogens with one attached hydrogen (secondary N) is 1.